The number of ether oxygens (including phenoxy) is 2. The molecule has 0 saturated carbocycles. The first-order valence-electron chi connectivity index (χ1n) is 8.41. The molecule has 1 aromatic carbocycles. The van der Waals surface area contributed by atoms with Crippen molar-refractivity contribution >= 4 is 5.82 Å². The van der Waals surface area contributed by atoms with Crippen LogP contribution in [0.15, 0.2) is 18.2 Å². The van der Waals surface area contributed by atoms with E-state index < -0.39 is 0 Å². The van der Waals surface area contributed by atoms with Crippen LogP contribution >= 0.6 is 0 Å². The number of benzene rings is 1. The van der Waals surface area contributed by atoms with E-state index in [0.29, 0.717) is 17.7 Å². The summed E-state index contributed by atoms with van der Waals surface area (Å²) in [6, 6.07) is 6.28. The first-order chi connectivity index (χ1) is 11.5. The summed E-state index contributed by atoms with van der Waals surface area (Å²) < 4.78 is 11.0. The molecule has 24 heavy (non-hydrogen) atoms. The van der Waals surface area contributed by atoms with Crippen molar-refractivity contribution in [2.75, 3.05) is 19.5 Å². The Morgan fingerprint density at radius 3 is 2.46 bits per heavy atom. The predicted molar refractivity (Wildman–Crippen MR) is 98.1 cm³/mol. The second kappa shape index (κ2) is 7.99. The summed E-state index contributed by atoms with van der Waals surface area (Å²) in [5, 5.41) is 3.38. The van der Waals surface area contributed by atoms with Gasteiger partial charge in [-0.2, -0.15) is 0 Å². The van der Waals surface area contributed by atoms with Crippen LogP contribution in [0.1, 0.15) is 38.4 Å². The second-order valence-corrected chi connectivity index (χ2v) is 5.84. The fourth-order valence-electron chi connectivity index (χ4n) is 2.59. The lowest BCUT2D eigenvalue weighted by molar-refractivity contribution is 0.396. The molecule has 130 valence electrons. The number of hydrogen-bond donors (Lipinski definition) is 1. The first kappa shape index (κ1) is 18.0. The van der Waals surface area contributed by atoms with E-state index in [2.05, 4.69) is 39.1 Å². The normalized spacial score (nSPS) is 11.9. The van der Waals surface area contributed by atoms with Crippen LogP contribution in [0.3, 0.4) is 0 Å². The van der Waals surface area contributed by atoms with Crippen molar-refractivity contribution in [1.29, 1.82) is 0 Å². The van der Waals surface area contributed by atoms with Gasteiger partial charge in [0.1, 0.15) is 5.75 Å². The monoisotopic (exact) mass is 329 g/mol. The van der Waals surface area contributed by atoms with Crippen LogP contribution in [0.2, 0.25) is 0 Å². The van der Waals surface area contributed by atoms with Crippen LogP contribution in [-0.4, -0.2) is 30.2 Å². The molecule has 0 aliphatic carbocycles. The highest BCUT2D eigenvalue weighted by molar-refractivity contribution is 5.74. The average Bonchev–Trinajstić information content (AvgIpc) is 2.61. The van der Waals surface area contributed by atoms with Crippen LogP contribution in [-0.2, 0) is 6.42 Å². The molecule has 0 amide bonds. The van der Waals surface area contributed by atoms with Crippen molar-refractivity contribution in [3.63, 3.8) is 0 Å². The molecule has 5 heteroatoms. The molecule has 0 radical (unpaired) electrons. The summed E-state index contributed by atoms with van der Waals surface area (Å²) in [6.07, 6.45) is 1.78. The van der Waals surface area contributed by atoms with Crippen LogP contribution in [0.5, 0.6) is 11.6 Å². The summed E-state index contributed by atoms with van der Waals surface area (Å²) >= 11 is 0. The number of aryl methyl sites for hydroxylation is 2. The Hall–Kier alpha value is -2.30. The largest absolute Gasteiger partial charge is 0.496 e. The number of anilines is 1. The minimum Gasteiger partial charge on any atom is -0.496 e. The van der Waals surface area contributed by atoms with E-state index in [0.717, 1.165) is 41.1 Å². The third-order valence-corrected chi connectivity index (χ3v) is 4.15. The Balaban J connectivity index is 2.63. The maximum atomic E-state index is 5.54. The zero-order chi connectivity index (χ0) is 17.7. The molecule has 1 N–H and O–H groups in total. The lowest BCUT2D eigenvalue weighted by Gasteiger charge is -2.19. The molecule has 0 saturated heterocycles. The van der Waals surface area contributed by atoms with Gasteiger partial charge >= 0.3 is 0 Å². The SMILES string of the molecule is CCc1nc(NC(C)CC)c(OC)nc1-c1c(C)cccc1OC. The Morgan fingerprint density at radius 2 is 1.88 bits per heavy atom. The maximum Gasteiger partial charge on any atom is 0.257 e. The van der Waals surface area contributed by atoms with Crippen LogP contribution in [0.25, 0.3) is 11.3 Å². The summed E-state index contributed by atoms with van der Waals surface area (Å²) in [5.41, 5.74) is 3.81. The summed E-state index contributed by atoms with van der Waals surface area (Å²) in [7, 11) is 3.30. The predicted octanol–water partition coefficient (Wildman–Crippen LogP) is 4.24. The fourth-order valence-corrected chi connectivity index (χ4v) is 2.59. The van der Waals surface area contributed by atoms with Gasteiger partial charge < -0.3 is 14.8 Å². The van der Waals surface area contributed by atoms with Gasteiger partial charge in [-0.15, -0.1) is 0 Å². The third-order valence-electron chi connectivity index (χ3n) is 4.15. The van der Waals surface area contributed by atoms with Crippen molar-refractivity contribution in [2.24, 2.45) is 0 Å². The highest BCUT2D eigenvalue weighted by atomic mass is 16.5. The topological polar surface area (TPSA) is 56.3 Å². The van der Waals surface area contributed by atoms with Gasteiger partial charge in [-0.25, -0.2) is 9.97 Å². The van der Waals surface area contributed by atoms with Crippen molar-refractivity contribution in [2.45, 2.75) is 46.6 Å². The van der Waals surface area contributed by atoms with Gasteiger partial charge in [0.15, 0.2) is 5.82 Å². The lowest BCUT2D eigenvalue weighted by atomic mass is 10.0. The third kappa shape index (κ3) is 3.61. The van der Waals surface area contributed by atoms with Crippen molar-refractivity contribution in [1.82, 2.24) is 9.97 Å². The summed E-state index contributed by atoms with van der Waals surface area (Å²) in [4.78, 5) is 9.55. The zero-order valence-corrected chi connectivity index (χ0v) is 15.4. The number of nitrogens with zero attached hydrogens (tertiary/aromatic N) is 2. The quantitative estimate of drug-likeness (QED) is 0.823. The number of aromatic nitrogens is 2. The van der Waals surface area contributed by atoms with E-state index in [1.807, 2.05) is 12.1 Å². The van der Waals surface area contributed by atoms with Gasteiger partial charge in [0.25, 0.3) is 5.88 Å². The molecular formula is C19H27N3O2. The Kier molecular flexibility index (Phi) is 6.01. The minimum absolute atomic E-state index is 0.303. The summed E-state index contributed by atoms with van der Waals surface area (Å²) in [6.45, 7) is 8.38. The van der Waals surface area contributed by atoms with E-state index >= 15 is 0 Å². The summed E-state index contributed by atoms with van der Waals surface area (Å²) in [5.74, 6) is 2.00. The van der Waals surface area contributed by atoms with Gasteiger partial charge in [-0.1, -0.05) is 26.0 Å². The van der Waals surface area contributed by atoms with Crippen molar-refractivity contribution < 1.29 is 9.47 Å². The van der Waals surface area contributed by atoms with Gasteiger partial charge in [0.2, 0.25) is 0 Å². The zero-order valence-electron chi connectivity index (χ0n) is 15.4. The lowest BCUT2D eigenvalue weighted by Crippen LogP contribution is -2.17. The van der Waals surface area contributed by atoms with Gasteiger partial charge in [0, 0.05) is 11.6 Å². The van der Waals surface area contributed by atoms with Crippen LogP contribution in [0.4, 0.5) is 5.82 Å². The number of rotatable bonds is 7. The number of nitrogens with one attached hydrogen (secondary N) is 1. The highest BCUT2D eigenvalue weighted by Gasteiger charge is 2.19. The highest BCUT2D eigenvalue weighted by Crippen LogP contribution is 2.36. The first-order valence-corrected chi connectivity index (χ1v) is 8.41. The van der Waals surface area contributed by atoms with Crippen LogP contribution in [0, 0.1) is 6.92 Å². The molecule has 2 aromatic rings. The fraction of sp³-hybridized carbons (Fsp3) is 0.474. The van der Waals surface area contributed by atoms with E-state index in [1.54, 1.807) is 14.2 Å². The van der Waals surface area contributed by atoms with Gasteiger partial charge in [-0.05, 0) is 38.3 Å². The van der Waals surface area contributed by atoms with E-state index in [4.69, 9.17) is 19.4 Å². The molecule has 1 atom stereocenters. The molecule has 0 spiro atoms. The molecule has 0 aliphatic heterocycles. The van der Waals surface area contributed by atoms with Gasteiger partial charge in [0.05, 0.1) is 25.6 Å². The van der Waals surface area contributed by atoms with Crippen molar-refractivity contribution in [3.05, 3.63) is 29.5 Å². The van der Waals surface area contributed by atoms with Gasteiger partial charge in [-0.3, -0.25) is 0 Å². The molecule has 0 bridgehead atoms. The molecule has 1 unspecified atom stereocenters. The molecule has 1 aromatic heterocycles. The Bertz CT molecular complexity index is 701. The van der Waals surface area contributed by atoms with E-state index in [9.17, 15) is 0 Å². The number of hydrogen-bond acceptors (Lipinski definition) is 5. The Labute approximate surface area is 144 Å². The van der Waals surface area contributed by atoms with E-state index in [1.165, 1.54) is 0 Å². The smallest absolute Gasteiger partial charge is 0.257 e. The second-order valence-electron chi connectivity index (χ2n) is 5.84. The molecule has 1 heterocycles. The van der Waals surface area contributed by atoms with Crippen LogP contribution < -0.4 is 14.8 Å². The van der Waals surface area contributed by atoms with E-state index in [-0.39, 0.29) is 0 Å². The average molecular weight is 329 g/mol. The minimum atomic E-state index is 0.303. The standard InChI is InChI=1S/C19H27N3O2/c1-7-13(4)20-18-19(24-6)22-17(14(8-2)21-18)16-12(3)10-9-11-15(16)23-5/h9-11,13H,7-8H2,1-6H3,(H,20,21). The molecule has 0 fully saturated rings. The molecule has 2 rings (SSSR count). The molecule has 0 aliphatic rings. The molecular weight excluding hydrogens is 302 g/mol. The number of methoxy groups -OCH3 is 2. The Morgan fingerprint density at radius 1 is 1.12 bits per heavy atom. The van der Waals surface area contributed by atoms with Crippen molar-refractivity contribution in [3.8, 4) is 22.9 Å². The molecule has 5 nitrogen and oxygen atoms in total. The maximum absolute atomic E-state index is 5.54.